The van der Waals surface area contributed by atoms with Crippen molar-refractivity contribution < 1.29 is 4.39 Å². The maximum Gasteiger partial charge on any atom is 0.332 e. The SMILES string of the molecule is C=CCN1N=C(C)[C@@H](C)n2c1nc1c2c(=O)n(Cc2ccccc2F)c(=O)n1C. The lowest BCUT2D eigenvalue weighted by Gasteiger charge is -2.28. The van der Waals surface area contributed by atoms with Crippen LogP contribution in [0.3, 0.4) is 0 Å². The summed E-state index contributed by atoms with van der Waals surface area (Å²) in [5, 5.41) is 6.17. The quantitative estimate of drug-likeness (QED) is 0.633. The average molecular weight is 396 g/mol. The van der Waals surface area contributed by atoms with Crippen molar-refractivity contribution >= 4 is 22.8 Å². The van der Waals surface area contributed by atoms with Gasteiger partial charge in [-0.2, -0.15) is 10.1 Å². The Morgan fingerprint density at radius 2 is 2.00 bits per heavy atom. The maximum absolute atomic E-state index is 14.1. The summed E-state index contributed by atoms with van der Waals surface area (Å²) in [6.45, 7) is 7.77. The van der Waals surface area contributed by atoms with E-state index in [1.54, 1.807) is 40.9 Å². The number of nitrogens with zero attached hydrogens (tertiary/aromatic N) is 6. The third-order valence-corrected chi connectivity index (χ3v) is 5.25. The van der Waals surface area contributed by atoms with Crippen LogP contribution in [-0.4, -0.2) is 30.9 Å². The van der Waals surface area contributed by atoms with Crippen LogP contribution in [0.15, 0.2) is 51.6 Å². The summed E-state index contributed by atoms with van der Waals surface area (Å²) in [6, 6.07) is 5.88. The molecule has 1 aliphatic rings. The molecule has 0 unspecified atom stereocenters. The molecule has 9 heteroatoms. The van der Waals surface area contributed by atoms with Crippen LogP contribution >= 0.6 is 0 Å². The number of aromatic nitrogens is 4. The van der Waals surface area contributed by atoms with Gasteiger partial charge in [0.25, 0.3) is 5.56 Å². The van der Waals surface area contributed by atoms with Crippen LogP contribution in [0.5, 0.6) is 0 Å². The first-order valence-corrected chi connectivity index (χ1v) is 9.23. The number of aryl methyl sites for hydroxylation is 1. The minimum atomic E-state index is -0.554. The van der Waals surface area contributed by atoms with Crippen molar-refractivity contribution in [2.24, 2.45) is 12.1 Å². The second kappa shape index (κ2) is 6.84. The van der Waals surface area contributed by atoms with Crippen molar-refractivity contribution in [3.05, 3.63) is 69.1 Å². The van der Waals surface area contributed by atoms with E-state index in [1.165, 1.54) is 10.6 Å². The van der Waals surface area contributed by atoms with Crippen molar-refractivity contribution in [2.45, 2.75) is 26.4 Å². The molecule has 1 aliphatic heterocycles. The summed E-state index contributed by atoms with van der Waals surface area (Å²) in [4.78, 5) is 30.8. The molecule has 0 saturated heterocycles. The van der Waals surface area contributed by atoms with E-state index >= 15 is 0 Å². The topological polar surface area (TPSA) is 77.4 Å². The highest BCUT2D eigenvalue weighted by Crippen LogP contribution is 2.29. The Bertz CT molecular complexity index is 1280. The third-order valence-electron chi connectivity index (χ3n) is 5.25. The van der Waals surface area contributed by atoms with Gasteiger partial charge in [0.05, 0.1) is 24.8 Å². The van der Waals surface area contributed by atoms with Gasteiger partial charge in [-0.15, -0.1) is 6.58 Å². The van der Waals surface area contributed by atoms with Gasteiger partial charge in [0, 0.05) is 12.6 Å². The first-order valence-electron chi connectivity index (χ1n) is 9.23. The Labute approximate surface area is 165 Å². The lowest BCUT2D eigenvalue weighted by molar-refractivity contribution is 0.580. The summed E-state index contributed by atoms with van der Waals surface area (Å²) in [5.74, 6) is -0.000825. The molecular weight excluding hydrogens is 375 g/mol. The standard InChI is InChI=1S/C20H21FN6O2/c1-5-10-26-19-22-17-16(27(19)13(3)12(2)23-26)18(28)25(20(29)24(17)4)11-14-8-6-7-9-15(14)21/h5-9,13H,1,10-11H2,2-4H3/t13-/m1/s1. The average Bonchev–Trinajstić information content (AvgIpc) is 3.10. The maximum atomic E-state index is 14.1. The summed E-state index contributed by atoms with van der Waals surface area (Å²) in [6.07, 6.45) is 1.69. The lowest BCUT2D eigenvalue weighted by Crippen LogP contribution is -2.40. The number of hydrogen-bond acceptors (Lipinski definition) is 5. The van der Waals surface area contributed by atoms with E-state index < -0.39 is 17.1 Å². The Morgan fingerprint density at radius 1 is 1.28 bits per heavy atom. The van der Waals surface area contributed by atoms with E-state index in [-0.39, 0.29) is 29.3 Å². The van der Waals surface area contributed by atoms with E-state index in [9.17, 15) is 14.0 Å². The molecule has 0 aliphatic carbocycles. The van der Waals surface area contributed by atoms with Gasteiger partial charge in [-0.25, -0.2) is 14.2 Å². The van der Waals surface area contributed by atoms with Gasteiger partial charge in [0.15, 0.2) is 11.2 Å². The second-order valence-corrected chi connectivity index (χ2v) is 7.07. The van der Waals surface area contributed by atoms with Gasteiger partial charge < -0.3 is 0 Å². The minimum Gasteiger partial charge on any atom is -0.294 e. The molecule has 0 fully saturated rings. The highest BCUT2D eigenvalue weighted by molar-refractivity contribution is 5.91. The van der Waals surface area contributed by atoms with Gasteiger partial charge in [-0.05, 0) is 19.9 Å². The predicted molar refractivity (Wildman–Crippen MR) is 110 cm³/mol. The van der Waals surface area contributed by atoms with Gasteiger partial charge in [-0.1, -0.05) is 24.3 Å². The number of hydrogen-bond donors (Lipinski definition) is 0. The van der Waals surface area contributed by atoms with E-state index in [0.29, 0.717) is 12.5 Å². The van der Waals surface area contributed by atoms with Crippen LogP contribution in [0.1, 0.15) is 25.5 Å². The van der Waals surface area contributed by atoms with E-state index in [4.69, 9.17) is 0 Å². The van der Waals surface area contributed by atoms with Gasteiger partial charge in [-0.3, -0.25) is 18.5 Å². The number of halogens is 1. The Balaban J connectivity index is 2.01. The van der Waals surface area contributed by atoms with Crippen LogP contribution in [0.4, 0.5) is 10.3 Å². The zero-order chi connectivity index (χ0) is 20.9. The first-order chi connectivity index (χ1) is 13.8. The van der Waals surface area contributed by atoms with Crippen LogP contribution in [0.2, 0.25) is 0 Å². The fraction of sp³-hybridized carbons (Fsp3) is 0.300. The molecule has 3 aromatic rings. The van der Waals surface area contributed by atoms with Crippen molar-refractivity contribution in [1.29, 1.82) is 0 Å². The molecule has 4 rings (SSSR count). The molecule has 150 valence electrons. The van der Waals surface area contributed by atoms with Crippen molar-refractivity contribution in [1.82, 2.24) is 18.7 Å². The summed E-state index contributed by atoms with van der Waals surface area (Å²) in [7, 11) is 1.55. The summed E-state index contributed by atoms with van der Waals surface area (Å²) in [5.41, 5.74) is 0.558. The molecular formula is C20H21FN6O2. The molecule has 1 atom stereocenters. The number of rotatable bonds is 4. The molecule has 0 bridgehead atoms. The minimum absolute atomic E-state index is 0.160. The smallest absolute Gasteiger partial charge is 0.294 e. The molecule has 2 aromatic heterocycles. The largest absolute Gasteiger partial charge is 0.332 e. The first kappa shape index (κ1) is 18.9. The number of anilines is 1. The fourth-order valence-corrected chi connectivity index (χ4v) is 3.56. The van der Waals surface area contributed by atoms with Gasteiger partial charge in [0.1, 0.15) is 5.82 Å². The van der Waals surface area contributed by atoms with Crippen LogP contribution in [0.25, 0.3) is 11.2 Å². The number of benzene rings is 1. The zero-order valence-electron chi connectivity index (χ0n) is 16.5. The highest BCUT2D eigenvalue weighted by atomic mass is 19.1. The monoisotopic (exact) mass is 396 g/mol. The molecule has 8 nitrogen and oxygen atoms in total. The van der Waals surface area contributed by atoms with Crippen molar-refractivity contribution in [2.75, 3.05) is 11.6 Å². The van der Waals surface area contributed by atoms with E-state index in [1.807, 2.05) is 13.8 Å². The van der Waals surface area contributed by atoms with Crippen LogP contribution in [-0.2, 0) is 13.6 Å². The van der Waals surface area contributed by atoms with Gasteiger partial charge >= 0.3 is 5.69 Å². The zero-order valence-corrected chi connectivity index (χ0v) is 16.5. The summed E-state index contributed by atoms with van der Waals surface area (Å²) >= 11 is 0. The Hall–Kier alpha value is -3.49. The predicted octanol–water partition coefficient (Wildman–Crippen LogP) is 2.03. The number of imidazole rings is 1. The molecule has 1 aromatic carbocycles. The number of hydrazone groups is 1. The van der Waals surface area contributed by atoms with E-state index in [2.05, 4.69) is 16.7 Å². The van der Waals surface area contributed by atoms with Crippen molar-refractivity contribution in [3.8, 4) is 0 Å². The van der Waals surface area contributed by atoms with Crippen LogP contribution in [0, 0.1) is 5.82 Å². The Morgan fingerprint density at radius 3 is 2.69 bits per heavy atom. The molecule has 29 heavy (non-hydrogen) atoms. The van der Waals surface area contributed by atoms with Crippen molar-refractivity contribution in [3.63, 3.8) is 0 Å². The van der Waals surface area contributed by atoms with Gasteiger partial charge in [0.2, 0.25) is 5.95 Å². The summed E-state index contributed by atoms with van der Waals surface area (Å²) < 4.78 is 18.3. The molecule has 0 saturated carbocycles. The highest BCUT2D eigenvalue weighted by Gasteiger charge is 2.30. The van der Waals surface area contributed by atoms with E-state index in [0.717, 1.165) is 10.3 Å². The molecule has 0 spiro atoms. The fourth-order valence-electron chi connectivity index (χ4n) is 3.56. The second-order valence-electron chi connectivity index (χ2n) is 7.07. The Kier molecular flexibility index (Phi) is 4.45. The molecule has 3 heterocycles. The molecule has 0 N–H and O–H groups in total. The third kappa shape index (κ3) is 2.81. The lowest BCUT2D eigenvalue weighted by atomic mass is 10.2. The molecule has 0 amide bonds. The normalized spacial score (nSPS) is 16.1. The van der Waals surface area contributed by atoms with Crippen LogP contribution < -0.4 is 16.3 Å². The molecule has 0 radical (unpaired) electrons. The number of fused-ring (bicyclic) bond motifs is 3.